The van der Waals surface area contributed by atoms with Crippen molar-refractivity contribution in [1.82, 2.24) is 14.3 Å². The Kier molecular flexibility index (Phi) is 5.84. The molecular weight excluding hydrogens is 450 g/mol. The van der Waals surface area contributed by atoms with E-state index in [1.165, 1.54) is 11.8 Å². The van der Waals surface area contributed by atoms with E-state index in [0.29, 0.717) is 21.3 Å². The Morgan fingerprint density at radius 2 is 1.76 bits per heavy atom. The van der Waals surface area contributed by atoms with Crippen LogP contribution >= 0.6 is 11.8 Å². The Balaban J connectivity index is 1.36. The fourth-order valence-corrected chi connectivity index (χ4v) is 4.31. The highest BCUT2D eigenvalue weighted by Crippen LogP contribution is 2.30. The fraction of sp³-hybridized carbons (Fsp3) is 0.0400. The van der Waals surface area contributed by atoms with Crippen LogP contribution in [0, 0.1) is 0 Å². The molecule has 34 heavy (non-hydrogen) atoms. The normalized spacial score (nSPS) is 14.4. The zero-order valence-corrected chi connectivity index (χ0v) is 18.6. The average molecular weight is 470 g/mol. The van der Waals surface area contributed by atoms with Crippen LogP contribution in [0.25, 0.3) is 17.6 Å². The van der Waals surface area contributed by atoms with Gasteiger partial charge >= 0.3 is 5.97 Å². The number of nitrogens with zero attached hydrogens (tertiary/aromatic N) is 4. The van der Waals surface area contributed by atoms with Gasteiger partial charge in [-0.1, -0.05) is 30.3 Å². The summed E-state index contributed by atoms with van der Waals surface area (Å²) in [6, 6.07) is 22.6. The number of carbonyl (C=O) groups is 2. The van der Waals surface area contributed by atoms with E-state index in [0.717, 1.165) is 17.2 Å². The van der Waals surface area contributed by atoms with Gasteiger partial charge in [-0.05, 0) is 59.8 Å². The molecule has 0 atom stereocenters. The molecule has 1 aliphatic rings. The lowest BCUT2D eigenvalue weighted by molar-refractivity contribution is -0.136. The third kappa shape index (κ3) is 4.69. The minimum absolute atomic E-state index is 0.0397. The molecule has 8 nitrogen and oxygen atoms in total. The number of anilines is 1. The predicted molar refractivity (Wildman–Crippen MR) is 132 cm³/mol. The van der Waals surface area contributed by atoms with E-state index in [1.807, 2.05) is 70.2 Å². The number of aliphatic carboxylic acids is 1. The molecule has 1 aliphatic heterocycles. The third-order valence-corrected chi connectivity index (χ3v) is 5.94. The first-order valence-corrected chi connectivity index (χ1v) is 11.3. The lowest BCUT2D eigenvalue weighted by Gasteiger charge is -2.07. The Bertz CT molecular complexity index is 1400. The molecule has 0 fully saturated rings. The average Bonchev–Trinajstić information content (AvgIpc) is 3.56. The molecule has 5 rings (SSSR count). The molecule has 0 unspecified atom stereocenters. The second-order valence-electron chi connectivity index (χ2n) is 7.49. The van der Waals surface area contributed by atoms with Crippen molar-refractivity contribution in [2.45, 2.75) is 6.42 Å². The Morgan fingerprint density at radius 1 is 1.03 bits per heavy atom. The largest absolute Gasteiger partial charge is 0.481 e. The zero-order chi connectivity index (χ0) is 23.5. The molecule has 2 aromatic heterocycles. The van der Waals surface area contributed by atoms with Crippen molar-refractivity contribution in [3.05, 3.63) is 101 Å². The molecule has 0 saturated carbocycles. The van der Waals surface area contributed by atoms with E-state index in [2.05, 4.69) is 10.3 Å². The highest BCUT2D eigenvalue weighted by molar-refractivity contribution is 8.18. The fourth-order valence-electron chi connectivity index (χ4n) is 3.49. The van der Waals surface area contributed by atoms with Crippen LogP contribution in [0.3, 0.4) is 0 Å². The van der Waals surface area contributed by atoms with Crippen LogP contribution in [0.2, 0.25) is 0 Å². The molecule has 0 saturated heterocycles. The summed E-state index contributed by atoms with van der Waals surface area (Å²) in [6.07, 6.45) is 5.57. The van der Waals surface area contributed by atoms with Gasteiger partial charge in [0.2, 0.25) is 0 Å². The summed E-state index contributed by atoms with van der Waals surface area (Å²) in [7, 11) is 0. The monoisotopic (exact) mass is 469 g/mol. The highest BCUT2D eigenvalue weighted by atomic mass is 32.2. The molecule has 2 aromatic carbocycles. The number of rotatable bonds is 6. The first kappa shape index (κ1) is 21.5. The number of carbonyl (C=O) groups excluding carboxylic acids is 1. The van der Waals surface area contributed by atoms with Gasteiger partial charge in [0.05, 0.1) is 22.7 Å². The number of thioether (sulfide) groups is 1. The van der Waals surface area contributed by atoms with Gasteiger partial charge in [0.25, 0.3) is 5.91 Å². The summed E-state index contributed by atoms with van der Waals surface area (Å²) < 4.78 is 3.79. The summed E-state index contributed by atoms with van der Waals surface area (Å²) in [5, 5.41) is 17.2. The molecule has 0 aliphatic carbocycles. The number of hydrogen-bond acceptors (Lipinski definition) is 5. The minimum atomic E-state index is -0.883. The van der Waals surface area contributed by atoms with Crippen molar-refractivity contribution in [2.24, 2.45) is 4.99 Å². The number of nitrogens with one attached hydrogen (secondary N) is 1. The maximum atomic E-state index is 12.5. The summed E-state index contributed by atoms with van der Waals surface area (Å²) in [6.45, 7) is 0. The first-order valence-electron chi connectivity index (χ1n) is 10.4. The molecule has 2 N–H and O–H groups in total. The maximum Gasteiger partial charge on any atom is 0.307 e. The minimum Gasteiger partial charge on any atom is -0.481 e. The quantitative estimate of drug-likeness (QED) is 0.407. The second kappa shape index (κ2) is 9.24. The molecule has 3 heterocycles. The molecule has 4 aromatic rings. The first-order chi connectivity index (χ1) is 16.5. The number of carboxylic acid groups (broad SMARTS) is 1. The summed E-state index contributed by atoms with van der Waals surface area (Å²) >= 11 is 1.23. The highest BCUT2D eigenvalue weighted by Gasteiger charge is 2.23. The number of carboxylic acids is 1. The number of para-hydroxylation sites is 1. The van der Waals surface area contributed by atoms with Crippen molar-refractivity contribution in [3.63, 3.8) is 0 Å². The van der Waals surface area contributed by atoms with E-state index in [1.54, 1.807) is 30.3 Å². The van der Waals surface area contributed by atoms with Crippen LogP contribution < -0.4 is 5.32 Å². The SMILES string of the molecule is O=C(O)Cc1ccc(NC2=NC(=O)/C(=C/c3cc(-n4cccc4)n(-c4ccccc4)n3)S2)cc1. The predicted octanol–water partition coefficient (Wildman–Crippen LogP) is 4.37. The van der Waals surface area contributed by atoms with Crippen LogP contribution in [0.1, 0.15) is 11.3 Å². The van der Waals surface area contributed by atoms with Crippen molar-refractivity contribution in [3.8, 4) is 11.5 Å². The molecule has 9 heteroatoms. The van der Waals surface area contributed by atoms with E-state index in [-0.39, 0.29) is 12.3 Å². The van der Waals surface area contributed by atoms with Gasteiger partial charge in [0.1, 0.15) is 5.82 Å². The van der Waals surface area contributed by atoms with Gasteiger partial charge in [-0.2, -0.15) is 10.1 Å². The summed E-state index contributed by atoms with van der Waals surface area (Å²) in [4.78, 5) is 27.9. The van der Waals surface area contributed by atoms with Crippen LogP contribution in [-0.4, -0.2) is 36.5 Å². The van der Waals surface area contributed by atoms with E-state index >= 15 is 0 Å². The Hall–Kier alpha value is -4.37. The number of aliphatic imine (C=N–C) groups is 1. The van der Waals surface area contributed by atoms with Gasteiger partial charge < -0.3 is 15.0 Å². The van der Waals surface area contributed by atoms with Gasteiger partial charge in [0.15, 0.2) is 5.17 Å². The topological polar surface area (TPSA) is 102 Å². The lowest BCUT2D eigenvalue weighted by atomic mass is 10.1. The number of hydrogen-bond donors (Lipinski definition) is 2. The van der Waals surface area contributed by atoms with Crippen molar-refractivity contribution in [1.29, 1.82) is 0 Å². The molecule has 168 valence electrons. The van der Waals surface area contributed by atoms with E-state index < -0.39 is 5.97 Å². The van der Waals surface area contributed by atoms with Gasteiger partial charge in [-0.3, -0.25) is 9.59 Å². The molecule has 0 bridgehead atoms. The van der Waals surface area contributed by atoms with Crippen molar-refractivity contribution in [2.75, 3.05) is 5.32 Å². The van der Waals surface area contributed by atoms with E-state index in [4.69, 9.17) is 10.2 Å². The molecule has 0 spiro atoms. The van der Waals surface area contributed by atoms with Gasteiger partial charge in [-0.15, -0.1) is 0 Å². The maximum absolute atomic E-state index is 12.5. The molecule has 0 radical (unpaired) electrons. The Morgan fingerprint density at radius 3 is 2.47 bits per heavy atom. The lowest BCUT2D eigenvalue weighted by Crippen LogP contribution is -2.05. The zero-order valence-electron chi connectivity index (χ0n) is 17.8. The van der Waals surface area contributed by atoms with Crippen LogP contribution in [0.5, 0.6) is 0 Å². The smallest absolute Gasteiger partial charge is 0.307 e. The van der Waals surface area contributed by atoms with Crippen LogP contribution in [0.4, 0.5) is 5.69 Å². The van der Waals surface area contributed by atoms with Crippen LogP contribution in [-0.2, 0) is 16.0 Å². The molecule has 1 amide bonds. The number of benzene rings is 2. The van der Waals surface area contributed by atoms with Crippen molar-refractivity contribution < 1.29 is 14.7 Å². The van der Waals surface area contributed by atoms with Gasteiger partial charge in [-0.25, -0.2) is 4.68 Å². The third-order valence-electron chi connectivity index (χ3n) is 5.04. The standard InChI is InChI=1S/C25H19N5O3S/c31-23(32)14-17-8-10-18(11-9-17)26-25-27-24(33)21(34-25)15-19-16-22(29-12-4-5-13-29)30(28-19)20-6-2-1-3-7-20/h1-13,15-16H,14H2,(H,31,32)(H,26,27,33)/b21-15-. The Labute approximate surface area is 199 Å². The number of aromatic nitrogens is 3. The van der Waals surface area contributed by atoms with Crippen LogP contribution in [0.15, 0.2) is 95.1 Å². The summed E-state index contributed by atoms with van der Waals surface area (Å²) in [5.74, 6) is -0.377. The second-order valence-corrected chi connectivity index (χ2v) is 8.52. The van der Waals surface area contributed by atoms with E-state index in [9.17, 15) is 9.59 Å². The number of amides is 1. The number of amidine groups is 1. The summed E-state index contributed by atoms with van der Waals surface area (Å²) in [5.41, 5.74) is 2.96. The van der Waals surface area contributed by atoms with Crippen molar-refractivity contribution >= 4 is 40.6 Å². The molecular formula is C25H19N5O3S. The van der Waals surface area contributed by atoms with Gasteiger partial charge in [0, 0.05) is 24.1 Å².